The molecule has 2 unspecified atom stereocenters. The zero-order valence-corrected chi connectivity index (χ0v) is 14.3. The van der Waals surface area contributed by atoms with Gasteiger partial charge in [0.2, 0.25) is 5.91 Å². The fraction of sp³-hybridized carbons (Fsp3) is 0.611. The first kappa shape index (κ1) is 17.3. The van der Waals surface area contributed by atoms with Crippen molar-refractivity contribution in [2.75, 3.05) is 6.54 Å². The molecule has 22 heavy (non-hydrogen) atoms. The maximum absolute atomic E-state index is 12.4. The van der Waals surface area contributed by atoms with Crippen molar-refractivity contribution in [1.82, 2.24) is 5.32 Å². The summed E-state index contributed by atoms with van der Waals surface area (Å²) >= 11 is 5.99. The lowest BCUT2D eigenvalue weighted by Crippen LogP contribution is -2.42. The molecule has 2 atom stereocenters. The van der Waals surface area contributed by atoms with Crippen LogP contribution in [0.1, 0.15) is 51.5 Å². The Bertz CT molecular complexity index is 496. The van der Waals surface area contributed by atoms with Gasteiger partial charge < -0.3 is 11.1 Å². The summed E-state index contributed by atoms with van der Waals surface area (Å²) in [5.74, 6) is 0.250. The molecule has 1 amide bonds. The van der Waals surface area contributed by atoms with Crippen molar-refractivity contribution in [1.29, 1.82) is 0 Å². The fourth-order valence-corrected chi connectivity index (χ4v) is 3.59. The first-order valence-electron chi connectivity index (χ1n) is 8.30. The van der Waals surface area contributed by atoms with Gasteiger partial charge in [0.15, 0.2) is 0 Å². The molecular formula is C18H27ClN2O. The number of carbonyl (C=O) groups excluding carboxylic acids is 1. The van der Waals surface area contributed by atoms with E-state index in [2.05, 4.69) is 31.3 Å². The van der Waals surface area contributed by atoms with Crippen LogP contribution < -0.4 is 11.1 Å². The molecule has 0 aromatic heterocycles. The Morgan fingerprint density at radius 2 is 1.91 bits per heavy atom. The molecule has 1 aromatic rings. The molecule has 1 fully saturated rings. The van der Waals surface area contributed by atoms with E-state index in [1.807, 2.05) is 12.1 Å². The number of halogens is 1. The van der Waals surface area contributed by atoms with Crippen molar-refractivity contribution in [3.8, 4) is 0 Å². The molecule has 1 aliphatic carbocycles. The largest absolute Gasteiger partial charge is 0.355 e. The Labute approximate surface area is 138 Å². The van der Waals surface area contributed by atoms with Crippen molar-refractivity contribution in [2.45, 2.75) is 57.4 Å². The number of amides is 1. The van der Waals surface area contributed by atoms with E-state index in [4.69, 9.17) is 17.3 Å². The quantitative estimate of drug-likeness (QED) is 0.840. The van der Waals surface area contributed by atoms with E-state index >= 15 is 0 Å². The van der Waals surface area contributed by atoms with Gasteiger partial charge >= 0.3 is 0 Å². The number of carbonyl (C=O) groups is 1. The molecule has 0 bridgehead atoms. The number of nitrogens with one attached hydrogen (secondary N) is 1. The predicted molar refractivity (Wildman–Crippen MR) is 92.0 cm³/mol. The van der Waals surface area contributed by atoms with Crippen LogP contribution in [0.25, 0.3) is 0 Å². The fourth-order valence-electron chi connectivity index (χ4n) is 3.47. The van der Waals surface area contributed by atoms with Crippen LogP contribution in [0.2, 0.25) is 5.02 Å². The summed E-state index contributed by atoms with van der Waals surface area (Å²) in [6, 6.07) is 8.19. The van der Waals surface area contributed by atoms with E-state index in [9.17, 15) is 4.79 Å². The normalized spacial score (nSPS) is 21.8. The van der Waals surface area contributed by atoms with Crippen LogP contribution in [-0.2, 0) is 10.2 Å². The summed E-state index contributed by atoms with van der Waals surface area (Å²) in [5.41, 5.74) is 7.12. The minimum atomic E-state index is -0.0268. The smallest absolute Gasteiger partial charge is 0.223 e. The molecule has 0 radical (unpaired) electrons. The SMILES string of the molecule is CCC(CC)(CNC(=O)C1CCC(N)C1)c1ccc(Cl)cc1. The monoisotopic (exact) mass is 322 g/mol. The van der Waals surface area contributed by atoms with Crippen molar-refractivity contribution in [2.24, 2.45) is 11.7 Å². The first-order chi connectivity index (χ1) is 10.5. The molecule has 3 nitrogen and oxygen atoms in total. The summed E-state index contributed by atoms with van der Waals surface area (Å²) in [4.78, 5) is 12.4. The van der Waals surface area contributed by atoms with Gasteiger partial charge in [0.25, 0.3) is 0 Å². The van der Waals surface area contributed by atoms with Gasteiger partial charge in [0.1, 0.15) is 0 Å². The van der Waals surface area contributed by atoms with Gasteiger partial charge in [-0.1, -0.05) is 37.6 Å². The molecular weight excluding hydrogens is 296 g/mol. The summed E-state index contributed by atoms with van der Waals surface area (Å²) < 4.78 is 0. The second-order valence-corrected chi connectivity index (χ2v) is 6.92. The summed E-state index contributed by atoms with van der Waals surface area (Å²) in [6.07, 6.45) is 4.66. The molecule has 0 saturated heterocycles. The third-order valence-corrected chi connectivity index (χ3v) is 5.51. The molecule has 2 rings (SSSR count). The zero-order chi connectivity index (χ0) is 16.2. The second kappa shape index (κ2) is 7.47. The molecule has 122 valence electrons. The van der Waals surface area contributed by atoms with Gasteiger partial charge in [-0.3, -0.25) is 4.79 Å². The summed E-state index contributed by atoms with van der Waals surface area (Å²) in [5, 5.41) is 3.92. The van der Waals surface area contributed by atoms with Crippen LogP contribution in [0.3, 0.4) is 0 Å². The Hall–Kier alpha value is -1.06. The van der Waals surface area contributed by atoms with E-state index in [0.717, 1.165) is 37.1 Å². The second-order valence-electron chi connectivity index (χ2n) is 6.48. The lowest BCUT2D eigenvalue weighted by Gasteiger charge is -2.33. The average Bonchev–Trinajstić information content (AvgIpc) is 2.96. The molecule has 1 aliphatic rings. The van der Waals surface area contributed by atoms with Gasteiger partial charge in [0.05, 0.1) is 0 Å². The summed E-state index contributed by atoms with van der Waals surface area (Å²) in [7, 11) is 0. The number of nitrogens with two attached hydrogens (primary N) is 1. The molecule has 0 heterocycles. The van der Waals surface area contributed by atoms with Gasteiger partial charge in [-0.25, -0.2) is 0 Å². The number of hydrogen-bond acceptors (Lipinski definition) is 2. The third-order valence-electron chi connectivity index (χ3n) is 5.26. The number of benzene rings is 1. The molecule has 3 N–H and O–H groups in total. The lowest BCUT2D eigenvalue weighted by molar-refractivity contribution is -0.125. The maximum atomic E-state index is 12.4. The maximum Gasteiger partial charge on any atom is 0.223 e. The molecule has 1 saturated carbocycles. The van der Waals surface area contributed by atoms with E-state index < -0.39 is 0 Å². The highest BCUT2D eigenvalue weighted by atomic mass is 35.5. The van der Waals surface area contributed by atoms with Gasteiger partial charge in [-0.05, 0) is 49.8 Å². The number of hydrogen-bond donors (Lipinski definition) is 2. The van der Waals surface area contributed by atoms with Crippen molar-refractivity contribution in [3.05, 3.63) is 34.9 Å². The standard InChI is InChI=1S/C18H27ClN2O/c1-3-18(4-2,14-6-8-15(19)9-7-14)12-21-17(22)13-5-10-16(20)11-13/h6-9,13,16H,3-5,10-12,20H2,1-2H3,(H,21,22). The van der Waals surface area contributed by atoms with E-state index in [1.54, 1.807) is 0 Å². The van der Waals surface area contributed by atoms with E-state index in [1.165, 1.54) is 5.56 Å². The van der Waals surface area contributed by atoms with Crippen LogP contribution in [0, 0.1) is 5.92 Å². The highest BCUT2D eigenvalue weighted by Gasteiger charge is 2.32. The highest BCUT2D eigenvalue weighted by Crippen LogP contribution is 2.32. The third kappa shape index (κ3) is 3.82. The Morgan fingerprint density at radius 3 is 2.41 bits per heavy atom. The van der Waals surface area contributed by atoms with Gasteiger partial charge in [0, 0.05) is 28.9 Å². The molecule has 0 aliphatic heterocycles. The topological polar surface area (TPSA) is 55.1 Å². The molecule has 1 aromatic carbocycles. The average molecular weight is 323 g/mol. The minimum absolute atomic E-state index is 0.0268. The van der Waals surface area contributed by atoms with Crippen LogP contribution in [0.5, 0.6) is 0 Å². The van der Waals surface area contributed by atoms with Gasteiger partial charge in [-0.2, -0.15) is 0 Å². The van der Waals surface area contributed by atoms with Crippen LogP contribution in [0.15, 0.2) is 24.3 Å². The van der Waals surface area contributed by atoms with Crippen LogP contribution in [-0.4, -0.2) is 18.5 Å². The Morgan fingerprint density at radius 1 is 1.27 bits per heavy atom. The first-order valence-corrected chi connectivity index (χ1v) is 8.68. The zero-order valence-electron chi connectivity index (χ0n) is 13.6. The Kier molecular flexibility index (Phi) is 5.87. The molecule has 0 spiro atoms. The van der Waals surface area contributed by atoms with E-state index in [-0.39, 0.29) is 23.3 Å². The van der Waals surface area contributed by atoms with Crippen molar-refractivity contribution in [3.63, 3.8) is 0 Å². The van der Waals surface area contributed by atoms with Crippen LogP contribution >= 0.6 is 11.6 Å². The van der Waals surface area contributed by atoms with Crippen LogP contribution in [0.4, 0.5) is 0 Å². The number of rotatable bonds is 6. The molecule has 4 heteroatoms. The Balaban J connectivity index is 2.05. The minimum Gasteiger partial charge on any atom is -0.355 e. The summed E-state index contributed by atoms with van der Waals surface area (Å²) in [6.45, 7) is 5.03. The van der Waals surface area contributed by atoms with E-state index in [0.29, 0.717) is 6.54 Å². The van der Waals surface area contributed by atoms with Crippen molar-refractivity contribution < 1.29 is 4.79 Å². The van der Waals surface area contributed by atoms with Crippen molar-refractivity contribution >= 4 is 17.5 Å². The lowest BCUT2D eigenvalue weighted by atomic mass is 9.75. The van der Waals surface area contributed by atoms with Gasteiger partial charge in [-0.15, -0.1) is 0 Å². The highest BCUT2D eigenvalue weighted by molar-refractivity contribution is 6.30. The predicted octanol–water partition coefficient (Wildman–Crippen LogP) is 3.64.